The van der Waals surface area contributed by atoms with E-state index in [2.05, 4.69) is 11.9 Å². The molecule has 170 valence electrons. The van der Waals surface area contributed by atoms with Crippen LogP contribution in [-0.2, 0) is 16.1 Å². The third kappa shape index (κ3) is 5.79. The highest BCUT2D eigenvalue weighted by molar-refractivity contribution is 14.1. The Balaban J connectivity index is 1.85. The van der Waals surface area contributed by atoms with Crippen LogP contribution in [0.15, 0.2) is 55.0 Å². The number of rotatable bonds is 10. The molecule has 0 saturated heterocycles. The smallest absolute Gasteiger partial charge is 0.326 e. The first kappa shape index (κ1) is 24.0. The van der Waals surface area contributed by atoms with Crippen molar-refractivity contribution >= 4 is 39.0 Å². The molecule has 0 saturated carbocycles. The van der Waals surface area contributed by atoms with Crippen LogP contribution in [-0.4, -0.2) is 33.8 Å². The van der Waals surface area contributed by atoms with Crippen molar-refractivity contribution < 1.29 is 14.7 Å². The van der Waals surface area contributed by atoms with E-state index in [1.807, 2.05) is 69.3 Å². The number of carboxylic acid groups (broad SMARTS) is 1. The number of benzene rings is 2. The molecule has 0 unspecified atom stereocenters. The van der Waals surface area contributed by atoms with Gasteiger partial charge in [-0.05, 0) is 29.0 Å². The fourth-order valence-corrected chi connectivity index (χ4v) is 4.79. The summed E-state index contributed by atoms with van der Waals surface area (Å²) >= 11 is -0.535. The number of unbranched alkanes of at least 4 members (excludes halogenated alkanes) is 1. The van der Waals surface area contributed by atoms with Gasteiger partial charge in [-0.15, -0.1) is 3.25 Å². The number of carbonyl (C=O) groups excluding carboxylic acids is 1. The van der Waals surface area contributed by atoms with Gasteiger partial charge in [-0.1, -0.05) is 75.7 Å². The molecular weight excluding hydrogens is 519 g/mol. The minimum absolute atomic E-state index is 0.111. The van der Waals surface area contributed by atoms with Gasteiger partial charge in [0.15, 0.2) is 27.1 Å². The fraction of sp³-hybridized carbons (Fsp3) is 0.375. The second-order valence-corrected chi connectivity index (χ2v) is 9.50. The van der Waals surface area contributed by atoms with Crippen molar-refractivity contribution in [3.05, 3.63) is 59.7 Å². The number of amidine groups is 1. The van der Waals surface area contributed by atoms with Gasteiger partial charge in [0.1, 0.15) is 6.04 Å². The number of halogens is 1. The molecule has 32 heavy (non-hydrogen) atoms. The monoisotopic (exact) mass is 548 g/mol. The Labute approximate surface area is 199 Å². The zero-order valence-corrected chi connectivity index (χ0v) is 20.7. The van der Waals surface area contributed by atoms with Crippen LogP contribution in [0.25, 0.3) is 11.1 Å². The first-order valence-electron chi connectivity index (χ1n) is 10.8. The Morgan fingerprint density at radius 1 is 1.09 bits per heavy atom. The molecule has 0 aromatic heterocycles. The van der Waals surface area contributed by atoms with Crippen molar-refractivity contribution in [2.45, 2.75) is 52.6 Å². The van der Waals surface area contributed by atoms with Crippen molar-refractivity contribution in [2.24, 2.45) is 12.4 Å². The minimum Gasteiger partial charge on any atom is -0.480 e. The van der Waals surface area contributed by atoms with Gasteiger partial charge in [0.25, 0.3) is 0 Å². The van der Waals surface area contributed by atoms with E-state index in [9.17, 15) is 14.7 Å². The summed E-state index contributed by atoms with van der Waals surface area (Å²) in [5.41, 5.74) is 6.99. The molecule has 1 atom stereocenters. The summed E-state index contributed by atoms with van der Waals surface area (Å²) in [6.45, 7) is 5.98. The lowest BCUT2D eigenvalue weighted by molar-refractivity contribution is -0.153. The molecule has 8 heteroatoms. The number of aliphatic carboxylic acids is 1. The summed E-state index contributed by atoms with van der Waals surface area (Å²) in [4.78, 5) is 26.3. The number of nitrogens with zero attached hydrogens (tertiary/aromatic N) is 3. The first-order valence-corrected chi connectivity index (χ1v) is 12.7. The maximum Gasteiger partial charge on any atom is 0.326 e. The molecule has 0 radical (unpaired) electrons. The molecule has 7 nitrogen and oxygen atoms in total. The third-order valence-corrected chi connectivity index (χ3v) is 6.55. The lowest BCUT2D eigenvalue weighted by atomic mass is 9.97. The molecule has 0 fully saturated rings. The SMILES string of the molecule is CCCCC(=O)N(Cc1ccc(-c2ccccc2C2=NI=NN2)cc1)[C@H](C(=O)O)C(C)C. The van der Waals surface area contributed by atoms with Gasteiger partial charge in [-0.3, -0.25) is 10.2 Å². The molecule has 0 bridgehead atoms. The minimum atomic E-state index is -0.964. The van der Waals surface area contributed by atoms with Gasteiger partial charge in [-0.2, -0.15) is 3.21 Å². The van der Waals surface area contributed by atoms with Gasteiger partial charge < -0.3 is 10.0 Å². The zero-order valence-electron chi connectivity index (χ0n) is 18.6. The number of carbonyl (C=O) groups is 2. The molecule has 1 aliphatic rings. The summed E-state index contributed by atoms with van der Waals surface area (Å²) < 4.78 is 8.67. The van der Waals surface area contributed by atoms with Crippen LogP contribution in [0.4, 0.5) is 0 Å². The molecule has 3 rings (SSSR count). The highest BCUT2D eigenvalue weighted by Crippen LogP contribution is 2.27. The van der Waals surface area contributed by atoms with Crippen molar-refractivity contribution in [2.75, 3.05) is 0 Å². The van der Waals surface area contributed by atoms with Crippen molar-refractivity contribution in [1.29, 1.82) is 0 Å². The molecule has 0 aliphatic carbocycles. The topological polar surface area (TPSA) is 94.4 Å². The van der Waals surface area contributed by atoms with E-state index < -0.39 is 33.3 Å². The van der Waals surface area contributed by atoms with E-state index in [1.165, 1.54) is 4.90 Å². The van der Waals surface area contributed by atoms with E-state index in [4.69, 9.17) is 0 Å². The standard InChI is InChI=1S/C24H29IN4O3/c1-4-5-10-21(30)29(22(16(2)3)24(31)32)15-17-11-13-18(14-12-17)19-8-6-7-9-20(19)23-26-25-28-27-23/h6-9,11-14,16,22H,4-5,10,15H2,1-3H3,(H,31,32)(H,26,27,28)/t22-/m0/s1. The zero-order chi connectivity index (χ0) is 23.1. The van der Waals surface area contributed by atoms with E-state index in [1.54, 1.807) is 0 Å². The quantitative estimate of drug-likeness (QED) is 0.394. The highest BCUT2D eigenvalue weighted by Gasteiger charge is 2.32. The van der Waals surface area contributed by atoms with Crippen molar-refractivity contribution in [3.8, 4) is 11.1 Å². The summed E-state index contributed by atoms with van der Waals surface area (Å²) in [5, 5.41) is 9.78. The third-order valence-electron chi connectivity index (χ3n) is 5.39. The van der Waals surface area contributed by atoms with E-state index >= 15 is 0 Å². The van der Waals surface area contributed by atoms with Gasteiger partial charge in [0, 0.05) is 18.5 Å². The van der Waals surface area contributed by atoms with E-state index in [-0.39, 0.29) is 18.4 Å². The molecule has 2 aromatic carbocycles. The number of nitrogens with one attached hydrogen (secondary N) is 1. The van der Waals surface area contributed by atoms with E-state index in [0.717, 1.165) is 40.9 Å². The van der Waals surface area contributed by atoms with E-state index in [0.29, 0.717) is 6.42 Å². The fourth-order valence-electron chi connectivity index (χ4n) is 3.76. The Morgan fingerprint density at radius 2 is 1.78 bits per heavy atom. The maximum absolute atomic E-state index is 12.9. The maximum atomic E-state index is 12.9. The van der Waals surface area contributed by atoms with Gasteiger partial charge in [-0.25, -0.2) is 4.79 Å². The first-order chi connectivity index (χ1) is 15.4. The second-order valence-electron chi connectivity index (χ2n) is 8.10. The van der Waals surface area contributed by atoms with Crippen LogP contribution in [0.2, 0.25) is 0 Å². The van der Waals surface area contributed by atoms with Crippen LogP contribution in [0.3, 0.4) is 0 Å². The Morgan fingerprint density at radius 3 is 2.34 bits per heavy atom. The Hall–Kier alpha value is -2.62. The number of amides is 1. The molecule has 2 aromatic rings. The summed E-state index contributed by atoms with van der Waals surface area (Å²) in [6, 6.07) is 15.1. The second kappa shape index (κ2) is 11.3. The Bertz CT molecular complexity index is 1020. The molecule has 1 aliphatic heterocycles. The highest BCUT2D eigenvalue weighted by atomic mass is 127. The summed E-state index contributed by atoms with van der Waals surface area (Å²) in [6.07, 6.45) is 2.01. The van der Waals surface area contributed by atoms with Crippen LogP contribution < -0.4 is 5.43 Å². The van der Waals surface area contributed by atoms with Crippen LogP contribution in [0.5, 0.6) is 0 Å². The summed E-state index contributed by atoms with van der Waals surface area (Å²) in [5.74, 6) is -0.461. The number of carboxylic acids is 1. The number of hydrogen-bond acceptors (Lipinski definition) is 5. The van der Waals surface area contributed by atoms with Crippen LogP contribution >= 0.6 is 21.3 Å². The predicted octanol–water partition coefficient (Wildman–Crippen LogP) is 5.32. The van der Waals surface area contributed by atoms with Crippen LogP contribution in [0, 0.1) is 5.92 Å². The Kier molecular flexibility index (Phi) is 8.49. The largest absolute Gasteiger partial charge is 0.480 e. The normalized spacial score (nSPS) is 13.8. The molecule has 0 spiro atoms. The van der Waals surface area contributed by atoms with Gasteiger partial charge in [0.05, 0.1) is 0 Å². The lowest BCUT2D eigenvalue weighted by Gasteiger charge is -2.32. The van der Waals surface area contributed by atoms with Crippen molar-refractivity contribution in [3.63, 3.8) is 0 Å². The van der Waals surface area contributed by atoms with Gasteiger partial charge >= 0.3 is 5.97 Å². The lowest BCUT2D eigenvalue weighted by Crippen LogP contribution is -2.47. The molecule has 2 N–H and O–H groups in total. The molecule has 1 heterocycles. The van der Waals surface area contributed by atoms with Gasteiger partial charge in [0.2, 0.25) is 5.91 Å². The summed E-state index contributed by atoms with van der Waals surface area (Å²) in [7, 11) is 0. The predicted molar refractivity (Wildman–Crippen MR) is 134 cm³/mol. The number of hydrogen-bond donors (Lipinski definition) is 2. The average molecular weight is 548 g/mol. The average Bonchev–Trinajstić information content (AvgIpc) is 3.32. The van der Waals surface area contributed by atoms with Crippen LogP contribution in [0.1, 0.15) is 51.2 Å². The molecular formula is C24H29IN4O3. The van der Waals surface area contributed by atoms with Crippen molar-refractivity contribution in [1.82, 2.24) is 10.3 Å². The molecule has 1 amide bonds.